The third-order valence-corrected chi connectivity index (χ3v) is 5.01. The molecule has 24 heavy (non-hydrogen) atoms. The third-order valence-electron chi connectivity index (χ3n) is 4.06. The summed E-state index contributed by atoms with van der Waals surface area (Å²) in [5.41, 5.74) is 3.60. The lowest BCUT2D eigenvalue weighted by Crippen LogP contribution is -1.99. The number of hydrogen-bond donors (Lipinski definition) is 0. The number of rotatable bonds is 4. The molecule has 5 heteroatoms. The number of aryl methyl sites for hydroxylation is 1. The predicted octanol–water partition coefficient (Wildman–Crippen LogP) is 4.42. The van der Waals surface area contributed by atoms with Crippen LogP contribution in [0, 0.1) is 6.92 Å². The van der Waals surface area contributed by atoms with Crippen LogP contribution in [0.1, 0.15) is 11.1 Å². The Morgan fingerprint density at radius 2 is 1.71 bits per heavy atom. The number of aromatic nitrogens is 4. The normalized spacial score (nSPS) is 11.0. The van der Waals surface area contributed by atoms with Crippen LogP contribution in [-0.2, 0) is 5.75 Å². The van der Waals surface area contributed by atoms with Gasteiger partial charge >= 0.3 is 0 Å². The summed E-state index contributed by atoms with van der Waals surface area (Å²) in [7, 11) is 0. The van der Waals surface area contributed by atoms with Crippen LogP contribution in [0.4, 0.5) is 0 Å². The van der Waals surface area contributed by atoms with Gasteiger partial charge in [-0.3, -0.25) is 0 Å². The molecule has 0 amide bonds. The molecule has 118 valence electrons. The van der Waals surface area contributed by atoms with Crippen molar-refractivity contribution in [3.8, 4) is 5.69 Å². The molecule has 4 nitrogen and oxygen atoms in total. The van der Waals surface area contributed by atoms with Gasteiger partial charge in [0.1, 0.15) is 0 Å². The van der Waals surface area contributed by atoms with E-state index < -0.39 is 0 Å². The summed E-state index contributed by atoms with van der Waals surface area (Å²) in [4.78, 5) is 0. The van der Waals surface area contributed by atoms with Crippen molar-refractivity contribution in [2.45, 2.75) is 17.8 Å². The molecular formula is C19H16N4S. The lowest BCUT2D eigenvalue weighted by Gasteiger charge is -2.10. The van der Waals surface area contributed by atoms with Crippen LogP contribution in [0.15, 0.2) is 71.9 Å². The fourth-order valence-corrected chi connectivity index (χ4v) is 3.79. The molecule has 0 aliphatic heterocycles. The van der Waals surface area contributed by atoms with Crippen molar-refractivity contribution in [1.29, 1.82) is 0 Å². The fraction of sp³-hybridized carbons (Fsp3) is 0.105. The number of para-hydroxylation sites is 1. The van der Waals surface area contributed by atoms with Crippen molar-refractivity contribution in [3.05, 3.63) is 77.9 Å². The van der Waals surface area contributed by atoms with Crippen LogP contribution in [-0.4, -0.2) is 20.2 Å². The number of thioether (sulfide) groups is 1. The zero-order chi connectivity index (χ0) is 16.4. The molecule has 0 atom stereocenters. The molecule has 0 aliphatic rings. The molecule has 0 spiro atoms. The molecule has 1 heterocycles. The van der Waals surface area contributed by atoms with Gasteiger partial charge in [-0.25, -0.2) is 0 Å². The van der Waals surface area contributed by atoms with E-state index in [0.29, 0.717) is 0 Å². The summed E-state index contributed by atoms with van der Waals surface area (Å²) in [5, 5.41) is 15.5. The van der Waals surface area contributed by atoms with Crippen molar-refractivity contribution in [3.63, 3.8) is 0 Å². The quantitative estimate of drug-likeness (QED) is 0.519. The highest BCUT2D eigenvalue weighted by molar-refractivity contribution is 7.98. The lowest BCUT2D eigenvalue weighted by molar-refractivity contribution is 0.756. The first-order valence-corrected chi connectivity index (χ1v) is 8.75. The van der Waals surface area contributed by atoms with Crippen molar-refractivity contribution in [2.24, 2.45) is 0 Å². The Kier molecular flexibility index (Phi) is 4.01. The van der Waals surface area contributed by atoms with Gasteiger partial charge in [0, 0.05) is 5.75 Å². The van der Waals surface area contributed by atoms with Crippen molar-refractivity contribution in [1.82, 2.24) is 20.2 Å². The first-order chi connectivity index (χ1) is 11.8. The minimum Gasteiger partial charge on any atom is -0.188 e. The van der Waals surface area contributed by atoms with E-state index in [0.717, 1.165) is 16.6 Å². The second-order valence-corrected chi connectivity index (χ2v) is 6.52. The topological polar surface area (TPSA) is 43.6 Å². The van der Waals surface area contributed by atoms with Gasteiger partial charge in [0.15, 0.2) is 0 Å². The fourth-order valence-electron chi connectivity index (χ4n) is 2.77. The summed E-state index contributed by atoms with van der Waals surface area (Å²) in [5.74, 6) is 0.834. The Bertz CT molecular complexity index is 979. The van der Waals surface area contributed by atoms with Crippen molar-refractivity contribution < 1.29 is 0 Å². The highest BCUT2D eigenvalue weighted by atomic mass is 32.2. The molecule has 4 rings (SSSR count). The van der Waals surface area contributed by atoms with Crippen LogP contribution in [0.3, 0.4) is 0 Å². The van der Waals surface area contributed by atoms with Crippen LogP contribution in [0.2, 0.25) is 0 Å². The average molecular weight is 332 g/mol. The number of benzene rings is 3. The SMILES string of the molecule is Cc1ccc2ccccc2c1CSc1nnnn1-c1ccccc1. The van der Waals surface area contributed by atoms with Crippen LogP contribution < -0.4 is 0 Å². The maximum atomic E-state index is 4.18. The van der Waals surface area contributed by atoms with E-state index >= 15 is 0 Å². The zero-order valence-electron chi connectivity index (χ0n) is 13.3. The monoisotopic (exact) mass is 332 g/mol. The molecule has 4 aromatic rings. The number of tetrazole rings is 1. The first-order valence-electron chi connectivity index (χ1n) is 7.77. The van der Waals surface area contributed by atoms with Crippen LogP contribution in [0.5, 0.6) is 0 Å². The highest BCUT2D eigenvalue weighted by Crippen LogP contribution is 2.29. The van der Waals surface area contributed by atoms with E-state index in [1.807, 2.05) is 30.3 Å². The predicted molar refractivity (Wildman–Crippen MR) is 97.4 cm³/mol. The van der Waals surface area contributed by atoms with E-state index in [-0.39, 0.29) is 0 Å². The summed E-state index contributed by atoms with van der Waals surface area (Å²) in [6.45, 7) is 2.16. The summed E-state index contributed by atoms with van der Waals surface area (Å²) in [6, 6.07) is 22.8. The van der Waals surface area contributed by atoms with Gasteiger partial charge in [-0.1, -0.05) is 66.4 Å². The van der Waals surface area contributed by atoms with Crippen molar-refractivity contribution >= 4 is 22.5 Å². The Morgan fingerprint density at radius 3 is 2.58 bits per heavy atom. The summed E-state index contributed by atoms with van der Waals surface area (Å²) >= 11 is 1.66. The van der Waals surface area contributed by atoms with Gasteiger partial charge < -0.3 is 0 Å². The molecule has 0 unspecified atom stereocenters. The number of hydrogen-bond acceptors (Lipinski definition) is 4. The third kappa shape index (κ3) is 2.78. The number of nitrogens with zero attached hydrogens (tertiary/aromatic N) is 4. The number of fused-ring (bicyclic) bond motifs is 1. The molecule has 0 aliphatic carbocycles. The molecule has 0 saturated heterocycles. The van der Waals surface area contributed by atoms with Gasteiger partial charge in [0.2, 0.25) is 5.16 Å². The standard InChI is InChI=1S/C19H16N4S/c1-14-11-12-15-7-5-6-10-17(15)18(14)13-24-19-20-21-22-23(19)16-8-3-2-4-9-16/h2-12H,13H2,1H3. The minimum atomic E-state index is 0.800. The Labute approximate surface area is 144 Å². The summed E-state index contributed by atoms with van der Waals surface area (Å²) in [6.07, 6.45) is 0. The van der Waals surface area contributed by atoms with Gasteiger partial charge in [-0.2, -0.15) is 4.68 Å². The first kappa shape index (κ1) is 14.9. The lowest BCUT2D eigenvalue weighted by atomic mass is 10.0. The zero-order valence-corrected chi connectivity index (χ0v) is 14.1. The van der Waals surface area contributed by atoms with E-state index in [1.165, 1.54) is 21.9 Å². The minimum absolute atomic E-state index is 0.800. The van der Waals surface area contributed by atoms with E-state index in [4.69, 9.17) is 0 Å². The molecule has 3 aromatic carbocycles. The van der Waals surface area contributed by atoms with Gasteiger partial charge in [-0.05, 0) is 51.4 Å². The molecule has 0 bridgehead atoms. The molecule has 0 radical (unpaired) electrons. The molecule has 0 N–H and O–H groups in total. The Morgan fingerprint density at radius 1 is 0.917 bits per heavy atom. The summed E-state index contributed by atoms with van der Waals surface area (Å²) < 4.78 is 1.78. The van der Waals surface area contributed by atoms with Crippen molar-refractivity contribution in [2.75, 3.05) is 0 Å². The van der Waals surface area contributed by atoms with Gasteiger partial charge in [-0.15, -0.1) is 5.10 Å². The largest absolute Gasteiger partial charge is 0.214 e. The van der Waals surface area contributed by atoms with Crippen LogP contribution in [0.25, 0.3) is 16.5 Å². The molecule has 0 saturated carbocycles. The highest BCUT2D eigenvalue weighted by Gasteiger charge is 2.11. The van der Waals surface area contributed by atoms with E-state index in [9.17, 15) is 0 Å². The second-order valence-electron chi connectivity index (χ2n) is 5.58. The van der Waals surface area contributed by atoms with Gasteiger partial charge in [0.05, 0.1) is 5.69 Å². The Balaban J connectivity index is 1.66. The molecule has 0 fully saturated rings. The van der Waals surface area contributed by atoms with Gasteiger partial charge in [0.25, 0.3) is 0 Å². The molecule has 1 aromatic heterocycles. The maximum absolute atomic E-state index is 4.18. The van der Waals surface area contributed by atoms with E-state index in [2.05, 4.69) is 58.8 Å². The maximum Gasteiger partial charge on any atom is 0.214 e. The molecular weight excluding hydrogens is 316 g/mol. The Hall–Kier alpha value is -2.66. The van der Waals surface area contributed by atoms with Crippen LogP contribution >= 0.6 is 11.8 Å². The van der Waals surface area contributed by atoms with E-state index in [1.54, 1.807) is 16.4 Å². The smallest absolute Gasteiger partial charge is 0.188 e. The second kappa shape index (κ2) is 6.45. The average Bonchev–Trinajstić information content (AvgIpc) is 3.10.